The Balaban J connectivity index is 2.89. The summed E-state index contributed by atoms with van der Waals surface area (Å²) in [7, 11) is 0. The molecule has 2 heteroatoms. The molecule has 0 aromatic rings. The third-order valence-corrected chi connectivity index (χ3v) is 3.74. The molecule has 0 saturated carbocycles. The van der Waals surface area contributed by atoms with Crippen LogP contribution in [0.15, 0.2) is 0 Å². The minimum Gasteiger partial charge on any atom is -0.353 e. The lowest BCUT2D eigenvalue weighted by atomic mass is 9.69. The van der Waals surface area contributed by atoms with Crippen molar-refractivity contribution >= 4 is 5.91 Å². The SMILES string of the molecule is CCC1NC(=O)CC1(CC)C(C)C. The molecule has 2 atom stereocenters. The van der Waals surface area contributed by atoms with Crippen LogP contribution < -0.4 is 5.32 Å². The van der Waals surface area contributed by atoms with Crippen molar-refractivity contribution in [2.45, 2.75) is 53.0 Å². The third-order valence-electron chi connectivity index (χ3n) is 3.74. The van der Waals surface area contributed by atoms with Gasteiger partial charge >= 0.3 is 0 Å². The molecule has 1 rings (SSSR count). The van der Waals surface area contributed by atoms with Crippen molar-refractivity contribution in [3.8, 4) is 0 Å². The molecule has 1 aliphatic heterocycles. The zero-order valence-electron chi connectivity index (χ0n) is 9.18. The van der Waals surface area contributed by atoms with Crippen molar-refractivity contribution in [3.63, 3.8) is 0 Å². The Kier molecular flexibility index (Phi) is 2.99. The highest BCUT2D eigenvalue weighted by atomic mass is 16.2. The van der Waals surface area contributed by atoms with Gasteiger partial charge in [-0.25, -0.2) is 0 Å². The van der Waals surface area contributed by atoms with Gasteiger partial charge in [-0.2, -0.15) is 0 Å². The molecule has 1 saturated heterocycles. The molecule has 2 nitrogen and oxygen atoms in total. The topological polar surface area (TPSA) is 29.1 Å². The summed E-state index contributed by atoms with van der Waals surface area (Å²) in [4.78, 5) is 11.4. The number of rotatable bonds is 3. The minimum absolute atomic E-state index is 0.214. The lowest BCUT2D eigenvalue weighted by Crippen LogP contribution is -2.39. The number of nitrogens with one attached hydrogen (secondary N) is 1. The molecule has 0 spiro atoms. The molecule has 1 N–H and O–H groups in total. The molecular weight excluding hydrogens is 162 g/mol. The molecule has 1 amide bonds. The van der Waals surface area contributed by atoms with E-state index in [9.17, 15) is 4.79 Å². The summed E-state index contributed by atoms with van der Waals surface area (Å²) in [6.07, 6.45) is 2.87. The molecule has 13 heavy (non-hydrogen) atoms. The smallest absolute Gasteiger partial charge is 0.220 e. The quantitative estimate of drug-likeness (QED) is 0.715. The second kappa shape index (κ2) is 3.69. The van der Waals surface area contributed by atoms with E-state index in [1.165, 1.54) is 0 Å². The maximum atomic E-state index is 11.4. The van der Waals surface area contributed by atoms with Crippen LogP contribution >= 0.6 is 0 Å². The summed E-state index contributed by atoms with van der Waals surface area (Å²) in [5.74, 6) is 0.823. The van der Waals surface area contributed by atoms with E-state index in [1.54, 1.807) is 0 Å². The van der Waals surface area contributed by atoms with E-state index in [1.807, 2.05) is 0 Å². The van der Waals surface area contributed by atoms with Crippen LogP contribution in [0, 0.1) is 11.3 Å². The van der Waals surface area contributed by atoms with Crippen molar-refractivity contribution in [3.05, 3.63) is 0 Å². The summed E-state index contributed by atoms with van der Waals surface area (Å²) >= 11 is 0. The normalized spacial score (nSPS) is 33.9. The van der Waals surface area contributed by atoms with Crippen molar-refractivity contribution in [1.82, 2.24) is 5.32 Å². The van der Waals surface area contributed by atoms with Gasteiger partial charge in [0.15, 0.2) is 0 Å². The maximum Gasteiger partial charge on any atom is 0.220 e. The van der Waals surface area contributed by atoms with Gasteiger partial charge in [-0.3, -0.25) is 4.79 Å². The van der Waals surface area contributed by atoms with Crippen molar-refractivity contribution < 1.29 is 4.79 Å². The highest BCUT2D eigenvalue weighted by Gasteiger charge is 2.46. The number of carbonyl (C=O) groups is 1. The van der Waals surface area contributed by atoms with E-state index >= 15 is 0 Å². The van der Waals surface area contributed by atoms with Gasteiger partial charge in [0, 0.05) is 17.9 Å². The average molecular weight is 183 g/mol. The van der Waals surface area contributed by atoms with Gasteiger partial charge in [0.2, 0.25) is 5.91 Å². The van der Waals surface area contributed by atoms with Crippen molar-refractivity contribution in [1.29, 1.82) is 0 Å². The largest absolute Gasteiger partial charge is 0.353 e. The van der Waals surface area contributed by atoms with Crippen LogP contribution in [0.4, 0.5) is 0 Å². The Hall–Kier alpha value is -0.530. The molecular formula is C11H21NO. The maximum absolute atomic E-state index is 11.4. The highest BCUT2D eigenvalue weighted by molar-refractivity contribution is 5.80. The summed E-state index contributed by atoms with van der Waals surface area (Å²) in [5.41, 5.74) is 0.214. The fourth-order valence-electron chi connectivity index (χ4n) is 2.71. The third kappa shape index (κ3) is 1.59. The Morgan fingerprint density at radius 2 is 2.15 bits per heavy atom. The standard InChI is InChI=1S/C11H21NO/c1-5-9-11(6-2,8(3)4)7-10(13)12-9/h8-9H,5-7H2,1-4H3,(H,12,13). The predicted molar refractivity (Wildman–Crippen MR) is 54.4 cm³/mol. The fraction of sp³-hybridized carbons (Fsp3) is 0.909. The molecule has 0 bridgehead atoms. The van der Waals surface area contributed by atoms with Gasteiger partial charge in [0.05, 0.1) is 0 Å². The second-order valence-electron chi connectivity index (χ2n) is 4.45. The summed E-state index contributed by atoms with van der Waals surface area (Å²) in [6.45, 7) is 8.81. The van der Waals surface area contributed by atoms with E-state index in [0.717, 1.165) is 19.3 Å². The lowest BCUT2D eigenvalue weighted by Gasteiger charge is -2.36. The zero-order chi connectivity index (χ0) is 10.1. The predicted octanol–water partition coefficient (Wildman–Crippen LogP) is 2.34. The highest BCUT2D eigenvalue weighted by Crippen LogP contribution is 2.43. The van der Waals surface area contributed by atoms with Crippen LogP contribution in [-0.2, 0) is 4.79 Å². The first kappa shape index (κ1) is 10.6. The van der Waals surface area contributed by atoms with Gasteiger partial charge in [-0.05, 0) is 18.8 Å². The number of carbonyl (C=O) groups excluding carboxylic acids is 1. The first-order valence-electron chi connectivity index (χ1n) is 5.36. The summed E-state index contributed by atoms with van der Waals surface area (Å²) < 4.78 is 0. The zero-order valence-corrected chi connectivity index (χ0v) is 9.18. The van der Waals surface area contributed by atoms with Gasteiger partial charge in [0.25, 0.3) is 0 Å². The molecule has 0 aromatic carbocycles. The van der Waals surface area contributed by atoms with Crippen molar-refractivity contribution in [2.24, 2.45) is 11.3 Å². The van der Waals surface area contributed by atoms with Crippen LogP contribution in [0.3, 0.4) is 0 Å². The molecule has 0 aromatic heterocycles. The van der Waals surface area contributed by atoms with Gasteiger partial charge < -0.3 is 5.32 Å². The van der Waals surface area contributed by atoms with E-state index < -0.39 is 0 Å². The lowest BCUT2D eigenvalue weighted by molar-refractivity contribution is -0.120. The molecule has 1 fully saturated rings. The van der Waals surface area contributed by atoms with E-state index in [0.29, 0.717) is 12.0 Å². The Labute approximate surface area is 81.1 Å². The van der Waals surface area contributed by atoms with Crippen LogP contribution in [0.1, 0.15) is 47.0 Å². The Morgan fingerprint density at radius 1 is 1.54 bits per heavy atom. The van der Waals surface area contributed by atoms with E-state index in [4.69, 9.17) is 0 Å². The fourth-order valence-corrected chi connectivity index (χ4v) is 2.71. The molecule has 2 unspecified atom stereocenters. The first-order chi connectivity index (χ1) is 6.06. The number of hydrogen-bond acceptors (Lipinski definition) is 1. The molecule has 76 valence electrons. The van der Waals surface area contributed by atoms with Crippen LogP contribution in [0.2, 0.25) is 0 Å². The van der Waals surface area contributed by atoms with Crippen LogP contribution in [0.25, 0.3) is 0 Å². The van der Waals surface area contributed by atoms with Gasteiger partial charge in [-0.15, -0.1) is 0 Å². The first-order valence-corrected chi connectivity index (χ1v) is 5.36. The molecule has 1 aliphatic rings. The summed E-state index contributed by atoms with van der Waals surface area (Å²) in [5, 5.41) is 3.09. The molecule has 0 radical (unpaired) electrons. The van der Waals surface area contributed by atoms with Gasteiger partial charge in [-0.1, -0.05) is 27.7 Å². The van der Waals surface area contributed by atoms with Gasteiger partial charge in [0.1, 0.15) is 0 Å². The van der Waals surface area contributed by atoms with E-state index in [2.05, 4.69) is 33.0 Å². The molecule has 0 aliphatic carbocycles. The average Bonchev–Trinajstić information content (AvgIpc) is 2.42. The summed E-state index contributed by atoms with van der Waals surface area (Å²) in [6, 6.07) is 0.394. The Bertz CT molecular complexity index is 200. The van der Waals surface area contributed by atoms with E-state index in [-0.39, 0.29) is 11.3 Å². The van der Waals surface area contributed by atoms with Crippen LogP contribution in [0.5, 0.6) is 0 Å². The number of hydrogen-bond donors (Lipinski definition) is 1. The molecule has 1 heterocycles. The minimum atomic E-state index is 0.214. The monoisotopic (exact) mass is 183 g/mol. The second-order valence-corrected chi connectivity index (χ2v) is 4.45. The van der Waals surface area contributed by atoms with Crippen molar-refractivity contribution in [2.75, 3.05) is 0 Å². The van der Waals surface area contributed by atoms with Crippen LogP contribution in [-0.4, -0.2) is 11.9 Å². The number of amides is 1. The Morgan fingerprint density at radius 3 is 2.46 bits per heavy atom.